The van der Waals surface area contributed by atoms with E-state index in [-0.39, 0.29) is 19.1 Å². The van der Waals surface area contributed by atoms with Gasteiger partial charge >= 0.3 is 0 Å². The van der Waals surface area contributed by atoms with Crippen molar-refractivity contribution in [2.45, 2.75) is 20.4 Å². The third-order valence-corrected chi connectivity index (χ3v) is 5.54. The van der Waals surface area contributed by atoms with Gasteiger partial charge in [0.05, 0.1) is 41.9 Å². The van der Waals surface area contributed by atoms with Gasteiger partial charge in [0.25, 0.3) is 5.91 Å². The summed E-state index contributed by atoms with van der Waals surface area (Å²) in [7, 11) is 0. The van der Waals surface area contributed by atoms with Gasteiger partial charge in [-0.1, -0.05) is 12.1 Å². The zero-order valence-corrected chi connectivity index (χ0v) is 18.9. The Hall–Kier alpha value is -4.24. The number of aromatic nitrogens is 5. The van der Waals surface area contributed by atoms with Gasteiger partial charge in [0.1, 0.15) is 23.7 Å². The van der Waals surface area contributed by atoms with E-state index in [1.807, 2.05) is 54.9 Å². The van der Waals surface area contributed by atoms with Crippen LogP contribution < -0.4 is 10.1 Å². The SMILES string of the molecule is Cc1cccc(Cn2nc(C)c3c(NC(=O)c4cnc5cc(OCCO)ccn45)cccc32)n1. The van der Waals surface area contributed by atoms with E-state index in [2.05, 4.69) is 15.3 Å². The molecule has 0 radical (unpaired) electrons. The lowest BCUT2D eigenvalue weighted by Crippen LogP contribution is -2.14. The number of aryl methyl sites for hydroxylation is 2. The van der Waals surface area contributed by atoms with E-state index < -0.39 is 0 Å². The maximum absolute atomic E-state index is 13.2. The summed E-state index contributed by atoms with van der Waals surface area (Å²) in [5, 5.41) is 17.5. The highest BCUT2D eigenvalue weighted by atomic mass is 16.5. The van der Waals surface area contributed by atoms with Crippen molar-refractivity contribution in [1.82, 2.24) is 24.1 Å². The number of ether oxygens (including phenoxy) is 1. The minimum atomic E-state index is -0.281. The zero-order valence-electron chi connectivity index (χ0n) is 18.9. The van der Waals surface area contributed by atoms with Crippen LogP contribution in [-0.4, -0.2) is 48.4 Å². The van der Waals surface area contributed by atoms with Gasteiger partial charge in [0, 0.05) is 23.3 Å². The fourth-order valence-electron chi connectivity index (χ4n) is 4.06. The first kappa shape index (κ1) is 21.6. The lowest BCUT2D eigenvalue weighted by molar-refractivity contribution is 0.102. The van der Waals surface area contributed by atoms with Crippen molar-refractivity contribution in [2.75, 3.05) is 18.5 Å². The fraction of sp³-hybridized carbons (Fsp3) is 0.200. The van der Waals surface area contributed by atoms with Crippen molar-refractivity contribution >= 4 is 28.1 Å². The number of anilines is 1. The highest BCUT2D eigenvalue weighted by molar-refractivity contribution is 6.08. The first-order valence-electron chi connectivity index (χ1n) is 10.9. The van der Waals surface area contributed by atoms with Crippen LogP contribution in [0.25, 0.3) is 16.6 Å². The summed E-state index contributed by atoms with van der Waals surface area (Å²) < 4.78 is 9.03. The number of carbonyl (C=O) groups excluding carboxylic acids is 1. The third kappa shape index (κ3) is 4.08. The number of amides is 1. The number of hydrogen-bond acceptors (Lipinski definition) is 6. The van der Waals surface area contributed by atoms with Crippen LogP contribution in [-0.2, 0) is 6.54 Å². The Kier molecular flexibility index (Phi) is 5.69. The Morgan fingerprint density at radius 2 is 2.00 bits per heavy atom. The Morgan fingerprint density at radius 3 is 2.82 bits per heavy atom. The summed E-state index contributed by atoms with van der Waals surface area (Å²) in [6.45, 7) is 4.56. The monoisotopic (exact) mass is 456 g/mol. The number of aliphatic hydroxyl groups excluding tert-OH is 1. The molecule has 0 bridgehead atoms. The van der Waals surface area contributed by atoms with E-state index in [1.165, 1.54) is 6.20 Å². The van der Waals surface area contributed by atoms with Crippen LogP contribution >= 0.6 is 0 Å². The molecule has 9 heteroatoms. The maximum Gasteiger partial charge on any atom is 0.274 e. The Balaban J connectivity index is 1.44. The molecule has 0 fully saturated rings. The summed E-state index contributed by atoms with van der Waals surface area (Å²) in [5.41, 5.74) is 5.28. The first-order chi connectivity index (χ1) is 16.5. The highest BCUT2D eigenvalue weighted by Crippen LogP contribution is 2.28. The molecule has 0 atom stereocenters. The molecule has 0 saturated heterocycles. The van der Waals surface area contributed by atoms with Crippen LogP contribution in [0.5, 0.6) is 5.75 Å². The molecule has 5 rings (SSSR count). The maximum atomic E-state index is 13.2. The zero-order chi connectivity index (χ0) is 23.7. The van der Waals surface area contributed by atoms with E-state index in [4.69, 9.17) is 14.9 Å². The van der Waals surface area contributed by atoms with Crippen LogP contribution in [0, 0.1) is 13.8 Å². The van der Waals surface area contributed by atoms with E-state index in [0.29, 0.717) is 29.3 Å². The van der Waals surface area contributed by atoms with Gasteiger partial charge in [0.2, 0.25) is 0 Å². The number of nitrogens with one attached hydrogen (secondary N) is 1. The predicted octanol–water partition coefficient (Wildman–Crippen LogP) is 3.37. The summed E-state index contributed by atoms with van der Waals surface area (Å²) in [5.74, 6) is 0.298. The highest BCUT2D eigenvalue weighted by Gasteiger charge is 2.17. The first-order valence-corrected chi connectivity index (χ1v) is 10.9. The number of rotatable bonds is 7. The Labute approximate surface area is 195 Å². The van der Waals surface area contributed by atoms with Crippen LogP contribution in [0.3, 0.4) is 0 Å². The number of imidazole rings is 1. The molecule has 0 saturated carbocycles. The number of aliphatic hydroxyl groups is 1. The van der Waals surface area contributed by atoms with E-state index in [0.717, 1.165) is 28.0 Å². The molecule has 0 unspecified atom stereocenters. The van der Waals surface area contributed by atoms with E-state index in [1.54, 1.807) is 22.7 Å². The summed E-state index contributed by atoms with van der Waals surface area (Å²) >= 11 is 0. The van der Waals surface area contributed by atoms with Crippen LogP contribution in [0.1, 0.15) is 27.6 Å². The van der Waals surface area contributed by atoms with E-state index >= 15 is 0 Å². The van der Waals surface area contributed by atoms with Crippen molar-refractivity contribution in [1.29, 1.82) is 0 Å². The molecule has 0 aliphatic carbocycles. The second kappa shape index (κ2) is 8.95. The number of benzene rings is 1. The number of nitrogens with zero attached hydrogens (tertiary/aromatic N) is 5. The Bertz CT molecular complexity index is 1500. The molecule has 4 aromatic heterocycles. The normalized spacial score (nSPS) is 11.3. The predicted molar refractivity (Wildman–Crippen MR) is 128 cm³/mol. The van der Waals surface area contributed by atoms with Crippen molar-refractivity contribution in [3.8, 4) is 5.75 Å². The minimum Gasteiger partial charge on any atom is -0.491 e. The van der Waals surface area contributed by atoms with Crippen molar-refractivity contribution in [3.05, 3.63) is 83.7 Å². The van der Waals surface area contributed by atoms with Crippen molar-refractivity contribution in [3.63, 3.8) is 0 Å². The van der Waals surface area contributed by atoms with E-state index in [9.17, 15) is 4.79 Å². The molecule has 0 spiro atoms. The molecular weight excluding hydrogens is 432 g/mol. The molecule has 1 amide bonds. The topological polar surface area (TPSA) is 107 Å². The van der Waals surface area contributed by atoms with Gasteiger partial charge in [-0.15, -0.1) is 0 Å². The number of hydrogen-bond donors (Lipinski definition) is 2. The van der Waals surface area contributed by atoms with Gasteiger partial charge < -0.3 is 15.2 Å². The number of fused-ring (bicyclic) bond motifs is 2. The average Bonchev–Trinajstić information content (AvgIpc) is 3.39. The van der Waals surface area contributed by atoms with Gasteiger partial charge in [-0.05, 0) is 44.2 Å². The van der Waals surface area contributed by atoms with Crippen molar-refractivity contribution < 1.29 is 14.6 Å². The number of pyridine rings is 2. The fourth-order valence-corrected chi connectivity index (χ4v) is 4.06. The molecule has 34 heavy (non-hydrogen) atoms. The lowest BCUT2D eigenvalue weighted by Gasteiger charge is -2.09. The Morgan fingerprint density at radius 1 is 1.15 bits per heavy atom. The molecular formula is C25H24N6O3. The van der Waals surface area contributed by atoms with Gasteiger partial charge in [0.15, 0.2) is 0 Å². The molecule has 9 nitrogen and oxygen atoms in total. The van der Waals surface area contributed by atoms with Crippen LogP contribution in [0.2, 0.25) is 0 Å². The molecule has 4 heterocycles. The smallest absolute Gasteiger partial charge is 0.274 e. The average molecular weight is 457 g/mol. The molecule has 5 aromatic rings. The van der Waals surface area contributed by atoms with Crippen molar-refractivity contribution in [2.24, 2.45) is 0 Å². The number of carbonyl (C=O) groups is 1. The molecule has 1 aromatic carbocycles. The quantitative estimate of drug-likeness (QED) is 0.389. The third-order valence-electron chi connectivity index (χ3n) is 5.54. The minimum absolute atomic E-state index is 0.0731. The molecule has 0 aliphatic heterocycles. The largest absolute Gasteiger partial charge is 0.491 e. The van der Waals surface area contributed by atoms with Gasteiger partial charge in [-0.25, -0.2) is 4.98 Å². The van der Waals surface area contributed by atoms with Gasteiger partial charge in [-0.3, -0.25) is 18.9 Å². The lowest BCUT2D eigenvalue weighted by atomic mass is 10.1. The van der Waals surface area contributed by atoms with Crippen LogP contribution in [0.15, 0.2) is 60.9 Å². The summed E-state index contributed by atoms with van der Waals surface area (Å²) in [4.78, 5) is 22.1. The summed E-state index contributed by atoms with van der Waals surface area (Å²) in [6.07, 6.45) is 3.25. The molecule has 172 valence electrons. The molecule has 2 N–H and O–H groups in total. The second-order valence-corrected chi connectivity index (χ2v) is 7.97. The van der Waals surface area contributed by atoms with Crippen LogP contribution in [0.4, 0.5) is 5.69 Å². The van der Waals surface area contributed by atoms with Gasteiger partial charge in [-0.2, -0.15) is 5.10 Å². The standard InChI is InChI=1S/C25H24N6O3/c1-16-5-3-6-18(27-16)15-31-21-8-4-7-20(24(21)17(2)29-31)28-25(33)22-14-26-23-13-19(34-12-11-32)9-10-30(22)23/h3-10,13-14,32H,11-12,15H2,1-2H3,(H,28,33). The molecule has 0 aliphatic rings. The second-order valence-electron chi connectivity index (χ2n) is 7.97. The summed E-state index contributed by atoms with van der Waals surface area (Å²) in [6, 6.07) is 15.1.